The predicted molar refractivity (Wildman–Crippen MR) is 98.0 cm³/mol. The Labute approximate surface area is 143 Å². The van der Waals surface area contributed by atoms with Crippen molar-refractivity contribution in [3.05, 3.63) is 53.5 Å². The van der Waals surface area contributed by atoms with Gasteiger partial charge in [-0.25, -0.2) is 4.98 Å². The first-order chi connectivity index (χ1) is 11.8. The van der Waals surface area contributed by atoms with Gasteiger partial charge in [0.2, 0.25) is 5.95 Å². The summed E-state index contributed by atoms with van der Waals surface area (Å²) in [6.07, 6.45) is 12.3. The Morgan fingerprint density at radius 3 is 2.92 bits per heavy atom. The lowest BCUT2D eigenvalue weighted by Crippen LogP contribution is -2.09. The van der Waals surface area contributed by atoms with E-state index in [0.717, 1.165) is 30.0 Å². The van der Waals surface area contributed by atoms with E-state index in [0.29, 0.717) is 12.5 Å². The number of nitrogens with zero attached hydrogens (tertiary/aromatic N) is 3. The SMILES string of the molecule is Cc1cc(NCCC2=CCCCC2)nc(NCc2cccnc2)n1. The number of hydrogen-bond acceptors (Lipinski definition) is 5. The lowest BCUT2D eigenvalue weighted by atomic mass is 9.97. The van der Waals surface area contributed by atoms with E-state index in [9.17, 15) is 0 Å². The highest BCUT2D eigenvalue weighted by Crippen LogP contribution is 2.20. The van der Waals surface area contributed by atoms with Crippen molar-refractivity contribution >= 4 is 11.8 Å². The van der Waals surface area contributed by atoms with Gasteiger partial charge in [-0.05, 0) is 50.7 Å². The molecule has 0 saturated heterocycles. The lowest BCUT2D eigenvalue weighted by molar-refractivity contribution is 0.679. The predicted octanol–water partition coefficient (Wildman–Crippen LogP) is 4.09. The molecule has 0 bridgehead atoms. The molecule has 0 fully saturated rings. The molecule has 0 saturated carbocycles. The third kappa shape index (κ3) is 5.05. The number of aryl methyl sites for hydroxylation is 1. The highest BCUT2D eigenvalue weighted by Gasteiger charge is 2.05. The van der Waals surface area contributed by atoms with Crippen LogP contribution in [0.4, 0.5) is 11.8 Å². The molecular formula is C19H25N5. The van der Waals surface area contributed by atoms with Gasteiger partial charge < -0.3 is 10.6 Å². The van der Waals surface area contributed by atoms with E-state index in [4.69, 9.17) is 0 Å². The molecule has 0 radical (unpaired) electrons. The Bertz CT molecular complexity index is 681. The first-order valence-corrected chi connectivity index (χ1v) is 8.70. The minimum absolute atomic E-state index is 0.651. The maximum atomic E-state index is 4.56. The molecule has 2 aromatic rings. The van der Waals surface area contributed by atoms with Crippen LogP contribution in [-0.4, -0.2) is 21.5 Å². The minimum Gasteiger partial charge on any atom is -0.370 e. The molecule has 0 unspecified atom stereocenters. The molecule has 126 valence electrons. The maximum Gasteiger partial charge on any atom is 0.225 e. The zero-order valence-electron chi connectivity index (χ0n) is 14.3. The third-order valence-electron chi connectivity index (χ3n) is 4.16. The summed E-state index contributed by atoms with van der Waals surface area (Å²) in [7, 11) is 0. The molecule has 1 aliphatic rings. The third-order valence-corrected chi connectivity index (χ3v) is 4.16. The monoisotopic (exact) mass is 323 g/mol. The van der Waals surface area contributed by atoms with E-state index in [-0.39, 0.29) is 0 Å². The van der Waals surface area contributed by atoms with Crippen LogP contribution in [0.15, 0.2) is 42.2 Å². The molecule has 3 rings (SSSR count). The van der Waals surface area contributed by atoms with Crippen molar-refractivity contribution < 1.29 is 0 Å². The van der Waals surface area contributed by atoms with Gasteiger partial charge in [0, 0.05) is 37.2 Å². The smallest absolute Gasteiger partial charge is 0.225 e. The molecule has 5 heteroatoms. The Balaban J connectivity index is 1.54. The van der Waals surface area contributed by atoms with E-state index in [1.807, 2.05) is 31.3 Å². The quantitative estimate of drug-likeness (QED) is 0.751. The van der Waals surface area contributed by atoms with Crippen molar-refractivity contribution in [3.8, 4) is 0 Å². The van der Waals surface area contributed by atoms with Crippen molar-refractivity contribution in [1.82, 2.24) is 15.0 Å². The zero-order chi connectivity index (χ0) is 16.6. The van der Waals surface area contributed by atoms with Gasteiger partial charge in [-0.1, -0.05) is 17.7 Å². The summed E-state index contributed by atoms with van der Waals surface area (Å²) in [5, 5.41) is 6.70. The summed E-state index contributed by atoms with van der Waals surface area (Å²) < 4.78 is 0. The molecule has 2 heterocycles. The number of allylic oxidation sites excluding steroid dienone is 1. The molecule has 0 atom stereocenters. The number of nitrogens with one attached hydrogen (secondary N) is 2. The van der Waals surface area contributed by atoms with E-state index < -0.39 is 0 Å². The minimum atomic E-state index is 0.651. The molecule has 5 nitrogen and oxygen atoms in total. The van der Waals surface area contributed by atoms with Crippen molar-refractivity contribution in [2.24, 2.45) is 0 Å². The number of hydrogen-bond donors (Lipinski definition) is 2. The van der Waals surface area contributed by atoms with E-state index in [1.54, 1.807) is 11.8 Å². The van der Waals surface area contributed by atoms with Gasteiger partial charge in [-0.3, -0.25) is 4.98 Å². The average Bonchev–Trinajstić information content (AvgIpc) is 2.61. The van der Waals surface area contributed by atoms with Crippen molar-refractivity contribution in [3.63, 3.8) is 0 Å². The fraction of sp³-hybridized carbons (Fsp3) is 0.421. The molecule has 0 aliphatic heterocycles. The molecule has 2 N–H and O–H groups in total. The van der Waals surface area contributed by atoms with Gasteiger partial charge >= 0.3 is 0 Å². The Kier molecular flexibility index (Phi) is 5.77. The van der Waals surface area contributed by atoms with Gasteiger partial charge in [-0.15, -0.1) is 0 Å². The molecule has 0 amide bonds. The summed E-state index contributed by atoms with van der Waals surface area (Å²) in [4.78, 5) is 13.1. The maximum absolute atomic E-state index is 4.56. The summed E-state index contributed by atoms with van der Waals surface area (Å²) in [6, 6.07) is 5.96. The normalized spacial score (nSPS) is 14.1. The zero-order valence-corrected chi connectivity index (χ0v) is 14.3. The molecule has 2 aromatic heterocycles. The average molecular weight is 323 g/mol. The molecular weight excluding hydrogens is 298 g/mol. The van der Waals surface area contributed by atoms with Crippen LogP contribution in [-0.2, 0) is 6.54 Å². The standard InChI is InChI=1S/C19H25N5/c1-15-12-18(21-11-9-16-6-3-2-4-7-16)24-19(23-15)22-14-17-8-5-10-20-13-17/h5-6,8,10,12-13H,2-4,7,9,11,14H2,1H3,(H2,21,22,23,24). The Hall–Kier alpha value is -2.43. The molecule has 24 heavy (non-hydrogen) atoms. The fourth-order valence-electron chi connectivity index (χ4n) is 2.90. The highest BCUT2D eigenvalue weighted by atomic mass is 15.1. The molecule has 0 aromatic carbocycles. The molecule has 0 spiro atoms. The second-order valence-corrected chi connectivity index (χ2v) is 6.22. The summed E-state index contributed by atoms with van der Waals surface area (Å²) >= 11 is 0. The van der Waals surface area contributed by atoms with Crippen molar-refractivity contribution in [2.75, 3.05) is 17.2 Å². The first-order valence-electron chi connectivity index (χ1n) is 8.70. The van der Waals surface area contributed by atoms with Gasteiger partial charge in [0.05, 0.1) is 0 Å². The van der Waals surface area contributed by atoms with E-state index >= 15 is 0 Å². The Morgan fingerprint density at radius 1 is 1.17 bits per heavy atom. The van der Waals surface area contributed by atoms with Gasteiger partial charge in [-0.2, -0.15) is 4.98 Å². The second-order valence-electron chi connectivity index (χ2n) is 6.22. The second kappa shape index (κ2) is 8.43. The van der Waals surface area contributed by atoms with Crippen LogP contribution in [0.25, 0.3) is 0 Å². The lowest BCUT2D eigenvalue weighted by Gasteiger charge is -2.14. The summed E-state index contributed by atoms with van der Waals surface area (Å²) in [5.74, 6) is 1.53. The van der Waals surface area contributed by atoms with E-state index in [2.05, 4.69) is 31.7 Å². The van der Waals surface area contributed by atoms with Crippen molar-refractivity contribution in [2.45, 2.75) is 45.6 Å². The van der Waals surface area contributed by atoms with Gasteiger partial charge in [0.25, 0.3) is 0 Å². The topological polar surface area (TPSA) is 62.7 Å². The number of rotatable bonds is 7. The number of anilines is 2. The Morgan fingerprint density at radius 2 is 2.12 bits per heavy atom. The number of pyridine rings is 1. The van der Waals surface area contributed by atoms with Crippen LogP contribution in [0.5, 0.6) is 0 Å². The van der Waals surface area contributed by atoms with Crippen LogP contribution in [0.2, 0.25) is 0 Å². The largest absolute Gasteiger partial charge is 0.370 e. The van der Waals surface area contributed by atoms with E-state index in [1.165, 1.54) is 25.7 Å². The number of aromatic nitrogens is 3. The first kappa shape index (κ1) is 16.4. The van der Waals surface area contributed by atoms with Gasteiger partial charge in [0.1, 0.15) is 5.82 Å². The van der Waals surface area contributed by atoms with Crippen LogP contribution >= 0.6 is 0 Å². The van der Waals surface area contributed by atoms with Crippen molar-refractivity contribution in [1.29, 1.82) is 0 Å². The summed E-state index contributed by atoms with van der Waals surface area (Å²) in [6.45, 7) is 3.58. The fourth-order valence-corrected chi connectivity index (χ4v) is 2.90. The van der Waals surface area contributed by atoms with Crippen LogP contribution in [0.3, 0.4) is 0 Å². The van der Waals surface area contributed by atoms with Crippen LogP contribution in [0, 0.1) is 6.92 Å². The van der Waals surface area contributed by atoms with Crippen LogP contribution in [0.1, 0.15) is 43.4 Å². The van der Waals surface area contributed by atoms with Crippen LogP contribution < -0.4 is 10.6 Å². The summed E-state index contributed by atoms with van der Waals surface area (Å²) in [5.41, 5.74) is 3.65. The van der Waals surface area contributed by atoms with Gasteiger partial charge in [0.15, 0.2) is 0 Å². The highest BCUT2D eigenvalue weighted by molar-refractivity contribution is 5.42. The molecule has 1 aliphatic carbocycles.